The molecule has 0 saturated heterocycles. The van der Waals surface area contributed by atoms with Crippen molar-refractivity contribution in [3.8, 4) is 11.8 Å². The van der Waals surface area contributed by atoms with E-state index < -0.39 is 0 Å². The topological polar surface area (TPSA) is 17.3 Å². The second-order valence-electron chi connectivity index (χ2n) is 3.00. The van der Waals surface area contributed by atoms with Gasteiger partial charge in [0.2, 0.25) is 0 Å². The first-order valence-electron chi connectivity index (χ1n) is 4.49. The summed E-state index contributed by atoms with van der Waals surface area (Å²) in [5.41, 5.74) is 2.58. The zero-order chi connectivity index (χ0) is 10.8. The maximum atomic E-state index is 4.41. The van der Waals surface area contributed by atoms with E-state index in [1.54, 1.807) is 13.0 Å². The van der Waals surface area contributed by atoms with Crippen molar-refractivity contribution in [3.05, 3.63) is 40.8 Å². The molecular weight excluding hydrogens is 252 g/mol. The number of hydrogen-bond donors (Lipinski definition) is 0. The minimum absolute atomic E-state index is 0.769. The fourth-order valence-corrected chi connectivity index (χ4v) is 1.78. The summed E-state index contributed by atoms with van der Waals surface area (Å²) < 4.78 is 2.98. The molecular formula is C12H9BrN2. The molecule has 0 spiro atoms. The molecule has 15 heavy (non-hydrogen) atoms. The van der Waals surface area contributed by atoms with Gasteiger partial charge < -0.3 is 0 Å². The van der Waals surface area contributed by atoms with Crippen LogP contribution in [-0.4, -0.2) is 9.38 Å². The molecule has 0 aromatic carbocycles. The number of hydrogen-bond acceptors (Lipinski definition) is 1. The van der Waals surface area contributed by atoms with Gasteiger partial charge in [-0.15, -0.1) is 0 Å². The molecule has 2 aromatic heterocycles. The van der Waals surface area contributed by atoms with Crippen LogP contribution in [0, 0.1) is 11.8 Å². The lowest BCUT2D eigenvalue weighted by Gasteiger charge is -1.96. The van der Waals surface area contributed by atoms with Gasteiger partial charge in [0.1, 0.15) is 11.3 Å². The Balaban J connectivity index is 2.83. The Labute approximate surface area is 96.8 Å². The summed E-state index contributed by atoms with van der Waals surface area (Å²) in [7, 11) is 0. The molecule has 0 aliphatic carbocycles. The lowest BCUT2D eigenvalue weighted by Crippen LogP contribution is -1.87. The Morgan fingerprint density at radius 2 is 2.33 bits per heavy atom. The van der Waals surface area contributed by atoms with Crippen molar-refractivity contribution in [2.45, 2.75) is 6.92 Å². The number of halogens is 1. The summed E-state index contributed by atoms with van der Waals surface area (Å²) in [6.07, 6.45) is 3.73. The van der Waals surface area contributed by atoms with Gasteiger partial charge >= 0.3 is 0 Å². The minimum atomic E-state index is 0.769. The van der Waals surface area contributed by atoms with Crippen LogP contribution in [0.3, 0.4) is 0 Å². The summed E-state index contributed by atoms with van der Waals surface area (Å²) in [6.45, 7) is 5.58. The fraction of sp³-hybridized carbons (Fsp3) is 0.0833. The largest absolute Gasteiger partial charge is 0.298 e. The standard InChI is InChI=1S/C12H9BrN2/c1-3-5-10-11(4-2)15-8-9(13)6-7-12(15)14-10/h4,6-8H,2H2,1H3. The van der Waals surface area contributed by atoms with Gasteiger partial charge in [0, 0.05) is 10.7 Å². The molecule has 0 fully saturated rings. The van der Waals surface area contributed by atoms with E-state index in [0.29, 0.717) is 0 Å². The minimum Gasteiger partial charge on any atom is -0.298 e. The van der Waals surface area contributed by atoms with Gasteiger partial charge in [0.05, 0.1) is 5.69 Å². The van der Waals surface area contributed by atoms with Crippen molar-refractivity contribution in [1.82, 2.24) is 9.38 Å². The quantitative estimate of drug-likeness (QED) is 0.721. The average molecular weight is 261 g/mol. The molecule has 2 rings (SSSR count). The van der Waals surface area contributed by atoms with Gasteiger partial charge in [0.15, 0.2) is 0 Å². The molecule has 0 atom stereocenters. The molecule has 0 amide bonds. The molecule has 0 unspecified atom stereocenters. The fourth-order valence-electron chi connectivity index (χ4n) is 1.44. The van der Waals surface area contributed by atoms with Crippen LogP contribution in [0.1, 0.15) is 18.3 Å². The summed E-state index contributed by atoms with van der Waals surface area (Å²) in [4.78, 5) is 4.41. The lowest BCUT2D eigenvalue weighted by atomic mass is 10.3. The van der Waals surface area contributed by atoms with E-state index >= 15 is 0 Å². The van der Waals surface area contributed by atoms with Crippen LogP contribution in [0.4, 0.5) is 0 Å². The van der Waals surface area contributed by atoms with Crippen molar-refractivity contribution in [3.63, 3.8) is 0 Å². The molecule has 0 bridgehead atoms. The predicted octanol–water partition coefficient (Wildman–Crippen LogP) is 3.11. The van der Waals surface area contributed by atoms with Crippen LogP contribution < -0.4 is 0 Å². The second-order valence-corrected chi connectivity index (χ2v) is 3.92. The molecule has 0 N–H and O–H groups in total. The first-order chi connectivity index (χ1) is 7.26. The normalized spacial score (nSPS) is 9.73. The molecule has 0 aliphatic rings. The molecule has 0 aliphatic heterocycles. The van der Waals surface area contributed by atoms with E-state index in [9.17, 15) is 0 Å². The zero-order valence-electron chi connectivity index (χ0n) is 8.29. The number of fused-ring (bicyclic) bond motifs is 1. The number of pyridine rings is 1. The third kappa shape index (κ3) is 1.69. The van der Waals surface area contributed by atoms with Gasteiger partial charge in [0.25, 0.3) is 0 Å². The highest BCUT2D eigenvalue weighted by atomic mass is 79.9. The Morgan fingerprint density at radius 1 is 1.53 bits per heavy atom. The van der Waals surface area contributed by atoms with Crippen molar-refractivity contribution in [2.24, 2.45) is 0 Å². The first kappa shape index (κ1) is 10.0. The molecule has 2 heterocycles. The van der Waals surface area contributed by atoms with Gasteiger partial charge in [-0.2, -0.15) is 0 Å². The highest BCUT2D eigenvalue weighted by Crippen LogP contribution is 2.17. The molecule has 2 nitrogen and oxygen atoms in total. The smallest absolute Gasteiger partial charge is 0.139 e. The van der Waals surface area contributed by atoms with Gasteiger partial charge in [-0.3, -0.25) is 4.40 Å². The molecule has 74 valence electrons. The Bertz CT molecular complexity index is 585. The Hall–Kier alpha value is -1.53. The third-order valence-electron chi connectivity index (χ3n) is 2.06. The molecule has 3 heteroatoms. The Morgan fingerprint density at radius 3 is 3.00 bits per heavy atom. The molecule has 2 aromatic rings. The number of imidazole rings is 1. The summed E-state index contributed by atoms with van der Waals surface area (Å²) >= 11 is 3.43. The van der Waals surface area contributed by atoms with E-state index in [0.717, 1.165) is 21.5 Å². The van der Waals surface area contributed by atoms with Crippen LogP contribution in [0.25, 0.3) is 11.7 Å². The van der Waals surface area contributed by atoms with Gasteiger partial charge in [-0.25, -0.2) is 4.98 Å². The predicted molar refractivity (Wildman–Crippen MR) is 65.5 cm³/mol. The van der Waals surface area contributed by atoms with E-state index in [-0.39, 0.29) is 0 Å². The lowest BCUT2D eigenvalue weighted by molar-refractivity contribution is 1.16. The van der Waals surface area contributed by atoms with E-state index in [1.807, 2.05) is 22.7 Å². The van der Waals surface area contributed by atoms with Gasteiger partial charge in [-0.1, -0.05) is 12.5 Å². The van der Waals surface area contributed by atoms with Crippen molar-refractivity contribution >= 4 is 27.7 Å². The van der Waals surface area contributed by atoms with E-state index in [2.05, 4.69) is 39.3 Å². The van der Waals surface area contributed by atoms with Gasteiger partial charge in [-0.05, 0) is 47.0 Å². The maximum Gasteiger partial charge on any atom is 0.139 e. The maximum absolute atomic E-state index is 4.41. The van der Waals surface area contributed by atoms with E-state index in [4.69, 9.17) is 0 Å². The van der Waals surface area contributed by atoms with Crippen molar-refractivity contribution in [2.75, 3.05) is 0 Å². The first-order valence-corrected chi connectivity index (χ1v) is 5.28. The summed E-state index contributed by atoms with van der Waals surface area (Å²) in [6, 6.07) is 3.90. The number of nitrogens with zero attached hydrogens (tertiary/aromatic N) is 2. The number of rotatable bonds is 1. The van der Waals surface area contributed by atoms with Crippen LogP contribution in [0.15, 0.2) is 29.4 Å². The third-order valence-corrected chi connectivity index (χ3v) is 2.53. The Kier molecular flexibility index (Phi) is 2.61. The highest BCUT2D eigenvalue weighted by Gasteiger charge is 2.06. The summed E-state index contributed by atoms with van der Waals surface area (Å²) in [5, 5.41) is 0. The van der Waals surface area contributed by atoms with Crippen LogP contribution >= 0.6 is 15.9 Å². The van der Waals surface area contributed by atoms with Crippen molar-refractivity contribution < 1.29 is 0 Å². The number of aromatic nitrogens is 2. The van der Waals surface area contributed by atoms with Crippen molar-refractivity contribution in [1.29, 1.82) is 0 Å². The SMILES string of the molecule is C=Cc1c(C#CC)nc2ccc(Br)cn12. The van der Waals surface area contributed by atoms with Crippen LogP contribution in [-0.2, 0) is 0 Å². The average Bonchev–Trinajstić information content (AvgIpc) is 2.55. The molecule has 0 saturated carbocycles. The zero-order valence-corrected chi connectivity index (χ0v) is 9.87. The monoisotopic (exact) mass is 260 g/mol. The van der Waals surface area contributed by atoms with Crippen LogP contribution in [0.2, 0.25) is 0 Å². The van der Waals surface area contributed by atoms with E-state index in [1.165, 1.54) is 0 Å². The highest BCUT2D eigenvalue weighted by molar-refractivity contribution is 9.10. The van der Waals surface area contributed by atoms with Crippen LogP contribution in [0.5, 0.6) is 0 Å². The summed E-state index contributed by atoms with van der Waals surface area (Å²) in [5.74, 6) is 5.82. The molecule has 0 radical (unpaired) electrons. The second kappa shape index (κ2) is 3.92.